The Labute approximate surface area is 168 Å². The number of hydrogen-bond donors (Lipinski definition) is 1. The first-order chi connectivity index (χ1) is 13.5. The van der Waals surface area contributed by atoms with Crippen molar-refractivity contribution in [1.82, 2.24) is 10.1 Å². The van der Waals surface area contributed by atoms with E-state index in [0.29, 0.717) is 29.1 Å². The van der Waals surface area contributed by atoms with Gasteiger partial charge in [0, 0.05) is 11.3 Å². The Kier molecular flexibility index (Phi) is 6.71. The third kappa shape index (κ3) is 5.36. The summed E-state index contributed by atoms with van der Waals surface area (Å²) in [5.74, 6) is 2.99. The third-order valence-electron chi connectivity index (χ3n) is 4.14. The molecule has 0 saturated carbocycles. The molecule has 0 bridgehead atoms. The normalized spacial score (nSPS) is 10.9. The van der Waals surface area contributed by atoms with Gasteiger partial charge in [-0.15, -0.1) is 11.8 Å². The Balaban J connectivity index is 1.48. The van der Waals surface area contributed by atoms with Crippen LogP contribution < -0.4 is 10.1 Å². The number of amides is 1. The number of nitrogens with zero attached hydrogens (tertiary/aromatic N) is 2. The number of thioether (sulfide) groups is 1. The molecule has 0 fully saturated rings. The second kappa shape index (κ2) is 9.41. The lowest BCUT2D eigenvalue weighted by atomic mass is 10.0. The second-order valence-electron chi connectivity index (χ2n) is 6.56. The fraction of sp³-hybridized carbons (Fsp3) is 0.286. The molecule has 0 aliphatic rings. The van der Waals surface area contributed by atoms with E-state index in [2.05, 4.69) is 41.4 Å². The number of methoxy groups -OCH3 is 1. The number of nitrogens with one attached hydrogen (secondary N) is 1. The minimum atomic E-state index is -0.0841. The van der Waals surface area contributed by atoms with Gasteiger partial charge in [0.2, 0.25) is 17.6 Å². The summed E-state index contributed by atoms with van der Waals surface area (Å²) in [6.45, 7) is 4.31. The van der Waals surface area contributed by atoms with E-state index in [1.54, 1.807) is 31.4 Å². The zero-order valence-electron chi connectivity index (χ0n) is 16.1. The van der Waals surface area contributed by atoms with E-state index >= 15 is 0 Å². The molecule has 0 unspecified atom stereocenters. The standard InChI is InChI=1S/C21H23N3O3S/c1-14(2)15-4-6-16(7-5-15)21-23-20(27-24-21)13-28-12-19(25)22-17-8-10-18(26-3)11-9-17/h4-11,14H,12-13H2,1-3H3,(H,22,25). The van der Waals surface area contributed by atoms with Gasteiger partial charge in [-0.2, -0.15) is 4.98 Å². The average Bonchev–Trinajstić information content (AvgIpc) is 3.17. The Hall–Kier alpha value is -2.80. The van der Waals surface area contributed by atoms with Crippen molar-refractivity contribution in [3.63, 3.8) is 0 Å². The van der Waals surface area contributed by atoms with Crippen molar-refractivity contribution >= 4 is 23.4 Å². The van der Waals surface area contributed by atoms with E-state index in [0.717, 1.165) is 17.0 Å². The van der Waals surface area contributed by atoms with Crippen LogP contribution in [0.15, 0.2) is 53.1 Å². The van der Waals surface area contributed by atoms with Gasteiger partial charge in [-0.1, -0.05) is 43.3 Å². The number of aromatic nitrogens is 2. The van der Waals surface area contributed by atoms with Crippen LogP contribution in [-0.2, 0) is 10.5 Å². The van der Waals surface area contributed by atoms with Crippen LogP contribution in [0.4, 0.5) is 5.69 Å². The average molecular weight is 398 g/mol. The number of anilines is 1. The first-order valence-corrected chi connectivity index (χ1v) is 10.1. The molecule has 0 aliphatic carbocycles. The summed E-state index contributed by atoms with van der Waals surface area (Å²) in [5.41, 5.74) is 2.92. The van der Waals surface area contributed by atoms with Gasteiger partial charge >= 0.3 is 0 Å². The molecule has 0 radical (unpaired) electrons. The highest BCUT2D eigenvalue weighted by Gasteiger charge is 2.10. The van der Waals surface area contributed by atoms with Gasteiger partial charge < -0.3 is 14.6 Å². The van der Waals surface area contributed by atoms with Crippen molar-refractivity contribution in [3.05, 3.63) is 60.0 Å². The molecule has 0 saturated heterocycles. The van der Waals surface area contributed by atoms with Gasteiger partial charge in [-0.05, 0) is 35.7 Å². The topological polar surface area (TPSA) is 77.2 Å². The largest absolute Gasteiger partial charge is 0.497 e. The number of rotatable bonds is 8. The smallest absolute Gasteiger partial charge is 0.236 e. The Morgan fingerprint density at radius 1 is 1.14 bits per heavy atom. The summed E-state index contributed by atoms with van der Waals surface area (Å²) in [6.07, 6.45) is 0. The van der Waals surface area contributed by atoms with E-state index in [1.165, 1.54) is 17.3 Å². The quantitative estimate of drug-likeness (QED) is 0.591. The maximum atomic E-state index is 12.0. The van der Waals surface area contributed by atoms with Crippen molar-refractivity contribution in [1.29, 1.82) is 0 Å². The van der Waals surface area contributed by atoms with E-state index in [1.807, 2.05) is 12.1 Å². The Morgan fingerprint density at radius 3 is 2.50 bits per heavy atom. The van der Waals surface area contributed by atoms with Crippen LogP contribution in [0.2, 0.25) is 0 Å². The highest BCUT2D eigenvalue weighted by molar-refractivity contribution is 7.99. The molecule has 28 heavy (non-hydrogen) atoms. The second-order valence-corrected chi connectivity index (χ2v) is 7.54. The predicted octanol–water partition coefficient (Wildman–Crippen LogP) is 4.74. The van der Waals surface area contributed by atoms with Gasteiger partial charge in [0.1, 0.15) is 5.75 Å². The maximum Gasteiger partial charge on any atom is 0.236 e. The van der Waals surface area contributed by atoms with Crippen LogP contribution in [0, 0.1) is 0 Å². The van der Waals surface area contributed by atoms with Gasteiger partial charge in [0.15, 0.2) is 0 Å². The molecule has 1 aromatic heterocycles. The van der Waals surface area contributed by atoms with Crippen LogP contribution >= 0.6 is 11.8 Å². The van der Waals surface area contributed by atoms with Gasteiger partial charge in [-0.25, -0.2) is 0 Å². The lowest BCUT2D eigenvalue weighted by Gasteiger charge is -2.05. The molecule has 146 valence electrons. The van der Waals surface area contributed by atoms with E-state index in [9.17, 15) is 4.79 Å². The molecule has 3 rings (SSSR count). The molecule has 6 nitrogen and oxygen atoms in total. The SMILES string of the molecule is COc1ccc(NC(=O)CSCc2nc(-c3ccc(C(C)C)cc3)no2)cc1. The van der Waals surface area contributed by atoms with Crippen LogP contribution in [-0.4, -0.2) is 28.9 Å². The maximum absolute atomic E-state index is 12.0. The molecule has 2 aromatic carbocycles. The minimum Gasteiger partial charge on any atom is -0.497 e. The first kappa shape index (κ1) is 19.9. The lowest BCUT2D eigenvalue weighted by Crippen LogP contribution is -2.14. The summed E-state index contributed by atoms with van der Waals surface area (Å²) in [5, 5.41) is 6.87. The van der Waals surface area contributed by atoms with Gasteiger partial charge in [-0.3, -0.25) is 4.79 Å². The molecular weight excluding hydrogens is 374 g/mol. The van der Waals surface area contributed by atoms with Crippen molar-refractivity contribution < 1.29 is 14.1 Å². The van der Waals surface area contributed by atoms with E-state index < -0.39 is 0 Å². The van der Waals surface area contributed by atoms with Crippen LogP contribution in [0.1, 0.15) is 31.2 Å². The number of carbonyl (C=O) groups excluding carboxylic acids is 1. The van der Waals surface area contributed by atoms with Crippen molar-refractivity contribution in [2.45, 2.75) is 25.5 Å². The molecule has 0 spiro atoms. The molecule has 1 amide bonds. The zero-order valence-corrected chi connectivity index (χ0v) is 17.0. The summed E-state index contributed by atoms with van der Waals surface area (Å²) < 4.78 is 10.4. The number of hydrogen-bond acceptors (Lipinski definition) is 6. The summed E-state index contributed by atoms with van der Waals surface area (Å²) in [4.78, 5) is 16.5. The van der Waals surface area contributed by atoms with Crippen molar-refractivity contribution in [2.75, 3.05) is 18.2 Å². The fourth-order valence-electron chi connectivity index (χ4n) is 2.55. The lowest BCUT2D eigenvalue weighted by molar-refractivity contribution is -0.113. The van der Waals surface area contributed by atoms with E-state index in [-0.39, 0.29) is 5.91 Å². The summed E-state index contributed by atoms with van der Waals surface area (Å²) in [6, 6.07) is 15.4. The third-order valence-corrected chi connectivity index (χ3v) is 5.05. The van der Waals surface area contributed by atoms with Crippen molar-refractivity contribution in [3.8, 4) is 17.1 Å². The van der Waals surface area contributed by atoms with Crippen LogP contribution in [0.5, 0.6) is 5.75 Å². The Morgan fingerprint density at radius 2 is 1.86 bits per heavy atom. The molecule has 7 heteroatoms. The monoisotopic (exact) mass is 397 g/mol. The summed E-state index contributed by atoms with van der Waals surface area (Å²) in [7, 11) is 1.61. The van der Waals surface area contributed by atoms with Gasteiger partial charge in [0.25, 0.3) is 0 Å². The van der Waals surface area contributed by atoms with Crippen LogP contribution in [0.3, 0.4) is 0 Å². The molecule has 0 aliphatic heterocycles. The molecular formula is C21H23N3O3S. The molecule has 1 heterocycles. The van der Waals surface area contributed by atoms with E-state index in [4.69, 9.17) is 9.26 Å². The minimum absolute atomic E-state index is 0.0841. The Bertz CT molecular complexity index is 905. The zero-order chi connectivity index (χ0) is 19.9. The first-order valence-electron chi connectivity index (χ1n) is 8.99. The fourth-order valence-corrected chi connectivity index (χ4v) is 3.20. The predicted molar refractivity (Wildman–Crippen MR) is 112 cm³/mol. The highest BCUT2D eigenvalue weighted by Crippen LogP contribution is 2.22. The molecule has 0 atom stereocenters. The molecule has 1 N–H and O–H groups in total. The molecule has 3 aromatic rings. The highest BCUT2D eigenvalue weighted by atomic mass is 32.2. The number of carbonyl (C=O) groups is 1. The van der Waals surface area contributed by atoms with Crippen molar-refractivity contribution in [2.24, 2.45) is 0 Å². The van der Waals surface area contributed by atoms with Gasteiger partial charge in [0.05, 0.1) is 18.6 Å². The number of benzene rings is 2. The number of ether oxygens (including phenoxy) is 1. The van der Waals surface area contributed by atoms with Crippen LogP contribution in [0.25, 0.3) is 11.4 Å². The summed E-state index contributed by atoms with van der Waals surface area (Å²) >= 11 is 1.42.